The van der Waals surface area contributed by atoms with Gasteiger partial charge in [-0.3, -0.25) is 9.59 Å². The fourth-order valence-corrected chi connectivity index (χ4v) is 2.41. The lowest BCUT2D eigenvalue weighted by Crippen LogP contribution is -2.44. The van der Waals surface area contributed by atoms with E-state index in [1.807, 2.05) is 24.3 Å². The van der Waals surface area contributed by atoms with Gasteiger partial charge < -0.3 is 15.4 Å². The van der Waals surface area contributed by atoms with E-state index in [1.54, 1.807) is 33.1 Å². The molecule has 0 aliphatic carbocycles. The molecule has 26 heavy (non-hydrogen) atoms. The van der Waals surface area contributed by atoms with Gasteiger partial charge in [0.1, 0.15) is 11.2 Å². The molecule has 0 aromatic heterocycles. The first-order valence-corrected chi connectivity index (χ1v) is 8.67. The van der Waals surface area contributed by atoms with E-state index >= 15 is 0 Å². The number of carbonyl (C=O) groups excluding carboxylic acids is 2. The maximum absolute atomic E-state index is 12.5. The Morgan fingerprint density at radius 3 is 2.23 bits per heavy atom. The molecule has 0 unspecified atom stereocenters. The van der Waals surface area contributed by atoms with Gasteiger partial charge in [-0.05, 0) is 49.7 Å². The molecule has 2 rings (SSSR count). The second-order valence-electron chi connectivity index (χ2n) is 6.24. The highest BCUT2D eigenvalue weighted by atomic mass is 35.5. The van der Waals surface area contributed by atoms with E-state index in [2.05, 4.69) is 10.6 Å². The minimum Gasteiger partial charge on any atom is -0.497 e. The average molecular weight is 395 g/mol. The van der Waals surface area contributed by atoms with Gasteiger partial charge in [0, 0.05) is 12.2 Å². The molecule has 0 fully saturated rings. The summed E-state index contributed by atoms with van der Waals surface area (Å²) < 4.78 is 5.09. The molecule has 0 radical (unpaired) electrons. The fraction of sp³-hybridized carbons (Fsp3) is 0.263. The van der Waals surface area contributed by atoms with Crippen molar-refractivity contribution in [1.29, 1.82) is 0 Å². The third-order valence-corrected chi connectivity index (χ3v) is 4.66. The number of benzene rings is 2. The van der Waals surface area contributed by atoms with Crippen LogP contribution in [0.2, 0.25) is 10.0 Å². The number of ether oxygens (including phenoxy) is 1. The van der Waals surface area contributed by atoms with Gasteiger partial charge in [-0.1, -0.05) is 35.3 Å². The predicted octanol–water partition coefficient (Wildman–Crippen LogP) is 4.28. The summed E-state index contributed by atoms with van der Waals surface area (Å²) in [5.41, 5.74) is 0.110. The number of halogens is 2. The molecule has 2 N–H and O–H groups in total. The largest absolute Gasteiger partial charge is 0.497 e. The van der Waals surface area contributed by atoms with E-state index in [4.69, 9.17) is 27.9 Å². The number of methoxy groups -OCH3 is 1. The highest BCUT2D eigenvalue weighted by Gasteiger charge is 2.36. The van der Waals surface area contributed by atoms with E-state index < -0.39 is 11.3 Å². The second-order valence-corrected chi connectivity index (χ2v) is 7.05. The lowest BCUT2D eigenvalue weighted by molar-refractivity contribution is -0.138. The van der Waals surface area contributed by atoms with Crippen LogP contribution in [-0.2, 0) is 16.1 Å². The maximum Gasteiger partial charge on any atom is 0.239 e. The van der Waals surface area contributed by atoms with Crippen LogP contribution in [0.15, 0.2) is 42.5 Å². The molecule has 0 atom stereocenters. The number of hydrogen-bond acceptors (Lipinski definition) is 3. The zero-order valence-electron chi connectivity index (χ0n) is 14.7. The van der Waals surface area contributed by atoms with Crippen molar-refractivity contribution in [3.8, 4) is 5.75 Å². The van der Waals surface area contributed by atoms with Crippen molar-refractivity contribution in [2.75, 3.05) is 12.4 Å². The molecular weight excluding hydrogens is 375 g/mol. The summed E-state index contributed by atoms with van der Waals surface area (Å²) in [7, 11) is 1.59. The first kappa shape index (κ1) is 20.1. The molecular formula is C19H20Cl2N2O3. The van der Waals surface area contributed by atoms with Crippen LogP contribution >= 0.6 is 23.2 Å². The van der Waals surface area contributed by atoms with Gasteiger partial charge in [-0.15, -0.1) is 0 Å². The Morgan fingerprint density at radius 1 is 1.00 bits per heavy atom. The molecule has 7 heteroatoms. The first-order valence-electron chi connectivity index (χ1n) is 7.92. The molecule has 2 aromatic rings. The highest BCUT2D eigenvalue weighted by Crippen LogP contribution is 2.26. The van der Waals surface area contributed by atoms with Crippen LogP contribution in [0.1, 0.15) is 19.4 Å². The zero-order chi connectivity index (χ0) is 19.3. The Hall–Kier alpha value is -2.24. The Morgan fingerprint density at radius 2 is 1.65 bits per heavy atom. The summed E-state index contributed by atoms with van der Waals surface area (Å²) >= 11 is 11.8. The maximum atomic E-state index is 12.5. The molecule has 0 bridgehead atoms. The standard InChI is InChI=1S/C19H20Cl2N2O3/c1-19(2,18(25)23-13-6-9-15(20)16(21)10-13)17(24)22-11-12-4-7-14(26-3)8-5-12/h4-10H,11H2,1-3H3,(H,22,24)(H,23,25). The van der Waals surface area contributed by atoms with E-state index in [-0.39, 0.29) is 5.91 Å². The van der Waals surface area contributed by atoms with Gasteiger partial charge in [0.05, 0.1) is 17.2 Å². The summed E-state index contributed by atoms with van der Waals surface area (Å²) in [6.45, 7) is 3.43. The van der Waals surface area contributed by atoms with Crippen molar-refractivity contribution in [2.45, 2.75) is 20.4 Å². The van der Waals surface area contributed by atoms with Gasteiger partial charge in [0.25, 0.3) is 0 Å². The van der Waals surface area contributed by atoms with Crippen molar-refractivity contribution in [3.05, 3.63) is 58.1 Å². The SMILES string of the molecule is COc1ccc(CNC(=O)C(C)(C)C(=O)Nc2ccc(Cl)c(Cl)c2)cc1. The first-order chi connectivity index (χ1) is 12.2. The van der Waals surface area contributed by atoms with Gasteiger partial charge in [-0.2, -0.15) is 0 Å². The van der Waals surface area contributed by atoms with E-state index in [0.717, 1.165) is 11.3 Å². The number of carbonyl (C=O) groups is 2. The molecule has 0 aliphatic rings. The van der Waals surface area contributed by atoms with Gasteiger partial charge in [0.2, 0.25) is 11.8 Å². The lowest BCUT2D eigenvalue weighted by Gasteiger charge is -2.23. The third kappa shape index (κ3) is 4.90. The Labute approximate surface area is 162 Å². The topological polar surface area (TPSA) is 67.4 Å². The summed E-state index contributed by atoms with van der Waals surface area (Å²) in [4.78, 5) is 25.0. The number of nitrogens with one attached hydrogen (secondary N) is 2. The van der Waals surface area contributed by atoms with E-state index in [0.29, 0.717) is 22.3 Å². The van der Waals surface area contributed by atoms with Crippen LogP contribution in [-0.4, -0.2) is 18.9 Å². The molecule has 138 valence electrons. The smallest absolute Gasteiger partial charge is 0.239 e. The quantitative estimate of drug-likeness (QED) is 0.718. The molecule has 5 nitrogen and oxygen atoms in total. The minimum atomic E-state index is -1.27. The van der Waals surface area contributed by atoms with Crippen molar-refractivity contribution in [2.24, 2.45) is 5.41 Å². The molecule has 0 saturated heterocycles. The Kier molecular flexibility index (Phi) is 6.51. The highest BCUT2D eigenvalue weighted by molar-refractivity contribution is 6.42. The third-order valence-electron chi connectivity index (χ3n) is 3.92. The normalized spacial score (nSPS) is 11.0. The lowest BCUT2D eigenvalue weighted by atomic mass is 9.90. The Balaban J connectivity index is 1.98. The molecule has 2 amide bonds. The van der Waals surface area contributed by atoms with Crippen molar-refractivity contribution < 1.29 is 14.3 Å². The van der Waals surface area contributed by atoms with Crippen LogP contribution in [0, 0.1) is 5.41 Å². The van der Waals surface area contributed by atoms with Crippen LogP contribution in [0.3, 0.4) is 0 Å². The van der Waals surface area contributed by atoms with Gasteiger partial charge >= 0.3 is 0 Å². The monoisotopic (exact) mass is 394 g/mol. The molecule has 2 aromatic carbocycles. The minimum absolute atomic E-state index is 0.312. The second kappa shape index (κ2) is 8.43. The summed E-state index contributed by atoms with van der Waals surface area (Å²) in [5, 5.41) is 6.18. The summed E-state index contributed by atoms with van der Waals surface area (Å²) in [6.07, 6.45) is 0. The van der Waals surface area contributed by atoms with Crippen LogP contribution < -0.4 is 15.4 Å². The molecule has 0 heterocycles. The van der Waals surface area contributed by atoms with Crippen molar-refractivity contribution in [1.82, 2.24) is 5.32 Å². The predicted molar refractivity (Wildman–Crippen MR) is 104 cm³/mol. The van der Waals surface area contributed by atoms with Gasteiger partial charge in [0.15, 0.2) is 0 Å². The van der Waals surface area contributed by atoms with Crippen LogP contribution in [0.4, 0.5) is 5.69 Å². The van der Waals surface area contributed by atoms with Crippen molar-refractivity contribution in [3.63, 3.8) is 0 Å². The van der Waals surface area contributed by atoms with Crippen LogP contribution in [0.5, 0.6) is 5.75 Å². The zero-order valence-corrected chi connectivity index (χ0v) is 16.2. The number of anilines is 1. The number of rotatable bonds is 6. The van der Waals surface area contributed by atoms with E-state index in [9.17, 15) is 9.59 Å². The molecule has 0 spiro atoms. The van der Waals surface area contributed by atoms with Crippen molar-refractivity contribution >= 4 is 40.7 Å². The van der Waals surface area contributed by atoms with E-state index in [1.165, 1.54) is 6.07 Å². The number of amides is 2. The molecule has 0 saturated carbocycles. The van der Waals surface area contributed by atoms with Gasteiger partial charge in [-0.25, -0.2) is 0 Å². The summed E-state index contributed by atoms with van der Waals surface area (Å²) in [6, 6.07) is 12.1. The summed E-state index contributed by atoms with van der Waals surface area (Å²) in [5.74, 6) is -0.0876. The van der Waals surface area contributed by atoms with Crippen LogP contribution in [0.25, 0.3) is 0 Å². The number of hydrogen-bond donors (Lipinski definition) is 2. The molecule has 0 aliphatic heterocycles. The Bertz CT molecular complexity index is 805. The average Bonchev–Trinajstić information content (AvgIpc) is 2.63. The fourth-order valence-electron chi connectivity index (χ4n) is 2.11.